The molecular weight excluding hydrogens is 367 g/mol. The van der Waals surface area contributed by atoms with Crippen LogP contribution in [0.3, 0.4) is 0 Å². The molecule has 2 N–H and O–H groups in total. The first kappa shape index (κ1) is 21.0. The number of guanidine groups is 1. The summed E-state index contributed by atoms with van der Waals surface area (Å²) in [5.74, 6) is 0.949. The van der Waals surface area contributed by atoms with E-state index in [9.17, 15) is 4.39 Å². The third-order valence-electron chi connectivity index (χ3n) is 5.14. The van der Waals surface area contributed by atoms with Gasteiger partial charge in [0.25, 0.3) is 0 Å². The zero-order chi connectivity index (χ0) is 20.6. The number of halogens is 1. The highest BCUT2D eigenvalue weighted by molar-refractivity contribution is 5.80. The molecule has 0 radical (unpaired) electrons. The van der Waals surface area contributed by atoms with Crippen LogP contribution in [0.1, 0.15) is 24.9 Å². The van der Waals surface area contributed by atoms with Gasteiger partial charge in [0.1, 0.15) is 0 Å². The largest absolute Gasteiger partial charge is 0.357 e. The Hall–Kier alpha value is -2.67. The molecule has 2 heterocycles. The summed E-state index contributed by atoms with van der Waals surface area (Å²) in [4.78, 5) is 13.2. The third-order valence-corrected chi connectivity index (χ3v) is 5.14. The van der Waals surface area contributed by atoms with E-state index in [0.29, 0.717) is 18.9 Å². The molecule has 2 atom stereocenters. The van der Waals surface area contributed by atoms with Crippen LogP contribution < -0.4 is 15.5 Å². The van der Waals surface area contributed by atoms with Gasteiger partial charge in [0.05, 0.1) is 12.6 Å². The molecule has 2 aromatic rings. The number of rotatable bonds is 7. The molecule has 0 amide bonds. The second-order valence-electron chi connectivity index (χ2n) is 7.49. The fourth-order valence-electron chi connectivity index (χ4n) is 3.61. The molecular formula is C22H31FN6. The standard InChI is InChI=1S/C22H31FN6/c1-4-24-22(26-15-20(28(2)3)17-9-6-5-7-10-17)27-18-12-14-29(16-18)21-19(23)11-8-13-25-21/h5-11,13,18,20H,4,12,14-16H2,1-3H3,(H2,24,26,27). The second-order valence-corrected chi connectivity index (χ2v) is 7.49. The number of likely N-dealkylation sites (N-methyl/N-ethyl adjacent to an activating group) is 1. The number of hydrogen-bond donors (Lipinski definition) is 2. The van der Waals surface area contributed by atoms with Crippen molar-refractivity contribution in [3.05, 3.63) is 60.0 Å². The van der Waals surface area contributed by atoms with E-state index < -0.39 is 0 Å². The van der Waals surface area contributed by atoms with Crippen molar-refractivity contribution in [1.82, 2.24) is 20.5 Å². The monoisotopic (exact) mass is 398 g/mol. The van der Waals surface area contributed by atoms with Crippen molar-refractivity contribution >= 4 is 11.8 Å². The van der Waals surface area contributed by atoms with E-state index in [1.54, 1.807) is 12.3 Å². The number of aromatic nitrogens is 1. The molecule has 1 aromatic heterocycles. The Morgan fingerprint density at radius 3 is 2.76 bits per heavy atom. The summed E-state index contributed by atoms with van der Waals surface area (Å²) in [6.45, 7) is 4.97. The summed E-state index contributed by atoms with van der Waals surface area (Å²) < 4.78 is 14.0. The molecule has 0 spiro atoms. The average Bonchev–Trinajstić information content (AvgIpc) is 3.17. The minimum atomic E-state index is -0.273. The summed E-state index contributed by atoms with van der Waals surface area (Å²) in [5.41, 5.74) is 1.25. The van der Waals surface area contributed by atoms with Crippen molar-refractivity contribution in [1.29, 1.82) is 0 Å². The Bertz CT molecular complexity index is 795. The molecule has 7 heteroatoms. The maximum atomic E-state index is 14.0. The van der Waals surface area contributed by atoms with Crippen LogP contribution in [0.15, 0.2) is 53.7 Å². The number of benzene rings is 1. The molecule has 6 nitrogen and oxygen atoms in total. The van der Waals surface area contributed by atoms with Gasteiger partial charge in [0.15, 0.2) is 17.6 Å². The lowest BCUT2D eigenvalue weighted by atomic mass is 10.1. The zero-order valence-electron chi connectivity index (χ0n) is 17.5. The van der Waals surface area contributed by atoms with Crippen molar-refractivity contribution in [3.8, 4) is 0 Å². The Kier molecular flexibility index (Phi) is 7.41. The number of hydrogen-bond acceptors (Lipinski definition) is 4. The summed E-state index contributed by atoms with van der Waals surface area (Å²) >= 11 is 0. The first-order valence-electron chi connectivity index (χ1n) is 10.2. The van der Waals surface area contributed by atoms with Gasteiger partial charge in [-0.25, -0.2) is 9.37 Å². The first-order valence-corrected chi connectivity index (χ1v) is 10.2. The van der Waals surface area contributed by atoms with E-state index in [0.717, 1.165) is 25.5 Å². The molecule has 1 aliphatic rings. The van der Waals surface area contributed by atoms with Crippen molar-refractivity contribution in [2.24, 2.45) is 4.99 Å². The van der Waals surface area contributed by atoms with Crippen molar-refractivity contribution in [3.63, 3.8) is 0 Å². The minimum Gasteiger partial charge on any atom is -0.357 e. The highest BCUT2D eigenvalue weighted by Crippen LogP contribution is 2.21. The van der Waals surface area contributed by atoms with E-state index in [4.69, 9.17) is 4.99 Å². The van der Waals surface area contributed by atoms with E-state index >= 15 is 0 Å². The van der Waals surface area contributed by atoms with Crippen LogP contribution in [-0.2, 0) is 0 Å². The minimum absolute atomic E-state index is 0.198. The van der Waals surface area contributed by atoms with Gasteiger partial charge in [0, 0.05) is 31.9 Å². The predicted octanol–water partition coefficient (Wildman–Crippen LogP) is 2.66. The molecule has 1 fully saturated rings. The molecule has 0 saturated carbocycles. The summed E-state index contributed by atoms with van der Waals surface area (Å²) in [5, 5.41) is 6.84. The van der Waals surface area contributed by atoms with Crippen molar-refractivity contribution in [2.45, 2.75) is 25.4 Å². The van der Waals surface area contributed by atoms with Crippen LogP contribution in [0.25, 0.3) is 0 Å². The van der Waals surface area contributed by atoms with Crippen LogP contribution in [0.4, 0.5) is 10.2 Å². The smallest absolute Gasteiger partial charge is 0.191 e. The molecule has 29 heavy (non-hydrogen) atoms. The van der Waals surface area contributed by atoms with Crippen molar-refractivity contribution < 1.29 is 4.39 Å². The molecule has 156 valence electrons. The Balaban J connectivity index is 1.64. The maximum absolute atomic E-state index is 14.0. The van der Waals surface area contributed by atoms with Crippen LogP contribution in [0.2, 0.25) is 0 Å². The van der Waals surface area contributed by atoms with Crippen LogP contribution in [0.5, 0.6) is 0 Å². The molecule has 3 rings (SSSR count). The number of pyridine rings is 1. The fraction of sp³-hybridized carbons (Fsp3) is 0.455. The van der Waals surface area contributed by atoms with Crippen LogP contribution >= 0.6 is 0 Å². The van der Waals surface area contributed by atoms with Gasteiger partial charge < -0.3 is 20.4 Å². The summed E-state index contributed by atoms with van der Waals surface area (Å²) in [6.07, 6.45) is 2.55. The molecule has 1 aromatic carbocycles. The van der Waals surface area contributed by atoms with Crippen LogP contribution in [0, 0.1) is 5.82 Å². The quantitative estimate of drug-likeness (QED) is 0.555. The van der Waals surface area contributed by atoms with Gasteiger partial charge >= 0.3 is 0 Å². The van der Waals surface area contributed by atoms with Gasteiger partial charge in [-0.15, -0.1) is 0 Å². The highest BCUT2D eigenvalue weighted by Gasteiger charge is 2.26. The van der Waals surface area contributed by atoms with Gasteiger partial charge in [-0.3, -0.25) is 4.99 Å². The molecule has 0 bridgehead atoms. The lowest BCUT2D eigenvalue weighted by molar-refractivity contribution is 0.306. The van der Waals surface area contributed by atoms with Crippen LogP contribution in [-0.4, -0.2) is 62.2 Å². The number of nitrogens with zero attached hydrogens (tertiary/aromatic N) is 4. The summed E-state index contributed by atoms with van der Waals surface area (Å²) in [7, 11) is 4.15. The van der Waals surface area contributed by atoms with E-state index in [1.807, 2.05) is 11.0 Å². The fourth-order valence-corrected chi connectivity index (χ4v) is 3.61. The SMILES string of the molecule is CCNC(=NCC(c1ccccc1)N(C)C)NC1CCN(c2ncccc2F)C1. The molecule has 1 aliphatic heterocycles. The Morgan fingerprint density at radius 2 is 2.07 bits per heavy atom. The van der Waals surface area contributed by atoms with E-state index in [-0.39, 0.29) is 17.9 Å². The normalized spacial score (nSPS) is 18.2. The van der Waals surface area contributed by atoms with E-state index in [1.165, 1.54) is 11.6 Å². The van der Waals surface area contributed by atoms with Gasteiger partial charge in [0.2, 0.25) is 0 Å². The van der Waals surface area contributed by atoms with Gasteiger partial charge in [-0.05, 0) is 45.1 Å². The lowest BCUT2D eigenvalue weighted by Crippen LogP contribution is -2.45. The summed E-state index contributed by atoms with van der Waals surface area (Å²) in [6, 6.07) is 13.9. The van der Waals surface area contributed by atoms with Crippen molar-refractivity contribution in [2.75, 3.05) is 45.2 Å². The second kappa shape index (κ2) is 10.2. The molecule has 0 aliphatic carbocycles. The third kappa shape index (κ3) is 5.67. The predicted molar refractivity (Wildman–Crippen MR) is 117 cm³/mol. The maximum Gasteiger partial charge on any atom is 0.191 e. The first-order chi connectivity index (χ1) is 14.1. The van der Waals surface area contributed by atoms with Gasteiger partial charge in [-0.2, -0.15) is 0 Å². The lowest BCUT2D eigenvalue weighted by Gasteiger charge is -2.24. The average molecular weight is 399 g/mol. The number of nitrogens with one attached hydrogen (secondary N) is 2. The number of anilines is 1. The highest BCUT2D eigenvalue weighted by atomic mass is 19.1. The zero-order valence-corrected chi connectivity index (χ0v) is 17.5. The Morgan fingerprint density at radius 1 is 1.28 bits per heavy atom. The topological polar surface area (TPSA) is 55.8 Å². The number of aliphatic imine (C=N–C) groups is 1. The van der Waals surface area contributed by atoms with Gasteiger partial charge in [-0.1, -0.05) is 30.3 Å². The molecule has 1 saturated heterocycles. The van der Waals surface area contributed by atoms with E-state index in [2.05, 4.69) is 65.8 Å². The molecule has 2 unspecified atom stereocenters. The Labute approximate surface area is 172 Å².